The molecule has 6 heteroatoms. The minimum Gasteiger partial charge on any atom is -0.458 e. The molecule has 3 aromatic rings. The van der Waals surface area contributed by atoms with Crippen molar-refractivity contribution < 1.29 is 14.0 Å². The number of hydrogen-bond acceptors (Lipinski definition) is 4. The molecule has 0 radical (unpaired) electrons. The van der Waals surface area contributed by atoms with Gasteiger partial charge in [-0.15, -0.1) is 11.3 Å². The van der Waals surface area contributed by atoms with Gasteiger partial charge < -0.3 is 15.1 Å². The zero-order valence-corrected chi connectivity index (χ0v) is 13.6. The summed E-state index contributed by atoms with van der Waals surface area (Å²) in [5, 5.41) is 7.10. The van der Waals surface area contributed by atoms with E-state index in [1.807, 2.05) is 53.9 Å². The molecule has 0 aliphatic heterocycles. The van der Waals surface area contributed by atoms with E-state index in [1.54, 1.807) is 17.4 Å². The highest BCUT2D eigenvalue weighted by Gasteiger charge is 2.14. The Labute approximate surface area is 143 Å². The molecule has 0 saturated carbocycles. The predicted molar refractivity (Wildman–Crippen MR) is 92.2 cm³/mol. The van der Waals surface area contributed by atoms with Gasteiger partial charge in [0.1, 0.15) is 11.5 Å². The Bertz CT molecular complexity index is 810. The van der Waals surface area contributed by atoms with Crippen LogP contribution in [0.15, 0.2) is 64.4 Å². The van der Waals surface area contributed by atoms with Gasteiger partial charge in [-0.25, -0.2) is 0 Å². The van der Waals surface area contributed by atoms with Gasteiger partial charge >= 0.3 is 11.8 Å². The fourth-order valence-corrected chi connectivity index (χ4v) is 2.82. The summed E-state index contributed by atoms with van der Waals surface area (Å²) in [5.41, 5.74) is 0.935. The van der Waals surface area contributed by atoms with Crippen LogP contribution in [0.25, 0.3) is 10.6 Å². The van der Waals surface area contributed by atoms with Crippen molar-refractivity contribution >= 4 is 23.2 Å². The van der Waals surface area contributed by atoms with Gasteiger partial charge in [0, 0.05) is 6.54 Å². The largest absolute Gasteiger partial charge is 0.458 e. The summed E-state index contributed by atoms with van der Waals surface area (Å²) < 4.78 is 5.65. The summed E-state index contributed by atoms with van der Waals surface area (Å²) in [6.07, 6.45) is 0. The summed E-state index contributed by atoms with van der Waals surface area (Å²) in [6.45, 7) is 0.485. The molecule has 24 heavy (non-hydrogen) atoms. The minimum atomic E-state index is -0.681. The predicted octanol–water partition coefficient (Wildman–Crippen LogP) is 2.94. The van der Waals surface area contributed by atoms with Crippen LogP contribution in [0.5, 0.6) is 0 Å². The molecule has 2 N–H and O–H groups in total. The Balaban J connectivity index is 1.47. The van der Waals surface area contributed by atoms with Crippen LogP contribution < -0.4 is 10.6 Å². The first kappa shape index (κ1) is 16.0. The molecule has 0 saturated heterocycles. The first-order valence-corrected chi connectivity index (χ1v) is 8.33. The molecule has 0 spiro atoms. The van der Waals surface area contributed by atoms with Gasteiger partial charge in [-0.1, -0.05) is 36.4 Å². The highest BCUT2D eigenvalue weighted by atomic mass is 32.1. The fourth-order valence-electron chi connectivity index (χ4n) is 2.13. The highest BCUT2D eigenvalue weighted by molar-refractivity contribution is 7.13. The lowest BCUT2D eigenvalue weighted by Crippen LogP contribution is -2.39. The molecular formula is C18H16N2O3S. The topological polar surface area (TPSA) is 71.3 Å². The van der Waals surface area contributed by atoms with Gasteiger partial charge in [0.2, 0.25) is 0 Å². The Morgan fingerprint density at radius 3 is 2.33 bits per heavy atom. The number of furan rings is 1. The lowest BCUT2D eigenvalue weighted by molar-refractivity contribution is -0.139. The third kappa shape index (κ3) is 4.11. The Kier molecular flexibility index (Phi) is 5.08. The van der Waals surface area contributed by atoms with Gasteiger partial charge in [0.15, 0.2) is 0 Å². The molecule has 0 bridgehead atoms. The van der Waals surface area contributed by atoms with Crippen LogP contribution in [0.4, 0.5) is 0 Å². The second-order valence-electron chi connectivity index (χ2n) is 5.09. The van der Waals surface area contributed by atoms with Crippen LogP contribution in [-0.2, 0) is 22.7 Å². The van der Waals surface area contributed by atoms with Crippen molar-refractivity contribution in [3.8, 4) is 10.6 Å². The van der Waals surface area contributed by atoms with E-state index < -0.39 is 11.8 Å². The zero-order chi connectivity index (χ0) is 16.8. The zero-order valence-electron chi connectivity index (χ0n) is 12.8. The Hall–Kier alpha value is -2.86. The summed E-state index contributed by atoms with van der Waals surface area (Å²) in [6, 6.07) is 17.0. The summed E-state index contributed by atoms with van der Waals surface area (Å²) in [4.78, 5) is 24.6. The molecule has 0 aliphatic rings. The second kappa shape index (κ2) is 7.61. The van der Waals surface area contributed by atoms with E-state index in [9.17, 15) is 9.59 Å². The summed E-state index contributed by atoms with van der Waals surface area (Å²) in [5.74, 6) is 0.00859. The summed E-state index contributed by atoms with van der Waals surface area (Å²) >= 11 is 1.58. The van der Waals surface area contributed by atoms with Gasteiger partial charge in [0.25, 0.3) is 0 Å². The van der Waals surface area contributed by atoms with E-state index in [-0.39, 0.29) is 6.54 Å². The molecule has 2 amide bonds. The maximum Gasteiger partial charge on any atom is 0.309 e. The van der Waals surface area contributed by atoms with Gasteiger partial charge in [0.05, 0.1) is 11.4 Å². The molecule has 2 heterocycles. The van der Waals surface area contributed by atoms with Crippen molar-refractivity contribution in [2.45, 2.75) is 13.1 Å². The van der Waals surface area contributed by atoms with Crippen molar-refractivity contribution in [2.75, 3.05) is 0 Å². The number of benzene rings is 1. The third-order valence-corrected chi connectivity index (χ3v) is 4.24. The van der Waals surface area contributed by atoms with Crippen molar-refractivity contribution in [3.63, 3.8) is 0 Å². The first-order valence-electron chi connectivity index (χ1n) is 7.45. The lowest BCUT2D eigenvalue weighted by Gasteiger charge is -2.05. The second-order valence-corrected chi connectivity index (χ2v) is 6.04. The average molecular weight is 340 g/mol. The van der Waals surface area contributed by atoms with Gasteiger partial charge in [-0.05, 0) is 29.1 Å². The molecule has 0 atom stereocenters. The maximum absolute atomic E-state index is 11.8. The quantitative estimate of drug-likeness (QED) is 0.702. The van der Waals surface area contributed by atoms with Crippen molar-refractivity contribution in [2.24, 2.45) is 0 Å². The average Bonchev–Trinajstić information content (AvgIpc) is 3.29. The number of rotatable bonds is 5. The van der Waals surface area contributed by atoms with E-state index >= 15 is 0 Å². The number of nitrogens with one attached hydrogen (secondary N) is 2. The Morgan fingerprint density at radius 2 is 1.62 bits per heavy atom. The molecule has 122 valence electrons. The number of hydrogen-bond donors (Lipinski definition) is 2. The van der Waals surface area contributed by atoms with Gasteiger partial charge in [-0.2, -0.15) is 0 Å². The Morgan fingerprint density at radius 1 is 0.875 bits per heavy atom. The van der Waals surface area contributed by atoms with Crippen molar-refractivity contribution in [1.29, 1.82) is 0 Å². The monoisotopic (exact) mass is 340 g/mol. The van der Waals surface area contributed by atoms with E-state index in [2.05, 4.69) is 10.6 Å². The van der Waals surface area contributed by atoms with Crippen LogP contribution in [-0.4, -0.2) is 11.8 Å². The normalized spacial score (nSPS) is 10.3. The van der Waals surface area contributed by atoms with E-state index in [4.69, 9.17) is 4.42 Å². The van der Waals surface area contributed by atoms with E-state index in [0.717, 1.165) is 16.2 Å². The van der Waals surface area contributed by atoms with Crippen LogP contribution >= 0.6 is 11.3 Å². The highest BCUT2D eigenvalue weighted by Crippen LogP contribution is 2.26. The lowest BCUT2D eigenvalue weighted by atomic mass is 10.2. The van der Waals surface area contributed by atoms with Gasteiger partial charge in [-0.3, -0.25) is 9.59 Å². The van der Waals surface area contributed by atoms with Crippen molar-refractivity contribution in [3.05, 3.63) is 71.3 Å². The molecule has 2 aromatic heterocycles. The number of carbonyl (C=O) groups excluding carboxylic acids is 2. The fraction of sp³-hybridized carbons (Fsp3) is 0.111. The maximum atomic E-state index is 11.8. The van der Waals surface area contributed by atoms with Crippen molar-refractivity contribution in [1.82, 2.24) is 10.6 Å². The molecule has 1 aromatic carbocycles. The summed E-state index contributed by atoms with van der Waals surface area (Å²) in [7, 11) is 0. The first-order chi connectivity index (χ1) is 11.7. The molecule has 5 nitrogen and oxygen atoms in total. The molecular weight excluding hydrogens is 324 g/mol. The minimum absolute atomic E-state index is 0.170. The molecule has 3 rings (SSSR count). The van der Waals surface area contributed by atoms with Crippen LogP contribution in [0.1, 0.15) is 11.3 Å². The number of thiophene rings is 1. The van der Waals surface area contributed by atoms with Crippen LogP contribution in [0.3, 0.4) is 0 Å². The molecule has 0 aliphatic carbocycles. The smallest absolute Gasteiger partial charge is 0.309 e. The van der Waals surface area contributed by atoms with Crippen LogP contribution in [0.2, 0.25) is 0 Å². The standard InChI is InChI=1S/C18H16N2O3S/c21-17(19-11-13-5-2-1-3-6-13)18(22)20-12-14-8-9-15(23-14)16-7-4-10-24-16/h1-10H,11-12H2,(H,19,21)(H,20,22). The van der Waals surface area contributed by atoms with E-state index in [0.29, 0.717) is 12.3 Å². The molecule has 0 unspecified atom stereocenters. The molecule has 0 fully saturated rings. The van der Waals surface area contributed by atoms with E-state index in [1.165, 1.54) is 0 Å². The van der Waals surface area contributed by atoms with Crippen LogP contribution in [0, 0.1) is 0 Å². The third-order valence-electron chi connectivity index (χ3n) is 3.35. The SMILES string of the molecule is O=C(NCc1ccccc1)C(=O)NCc1ccc(-c2cccs2)o1. The number of carbonyl (C=O) groups is 2. The number of amides is 2.